The highest BCUT2D eigenvalue weighted by atomic mass is 79.9. The van der Waals surface area contributed by atoms with E-state index in [1.807, 2.05) is 6.07 Å². The van der Waals surface area contributed by atoms with Gasteiger partial charge in [0.2, 0.25) is 0 Å². The molecule has 0 unspecified atom stereocenters. The monoisotopic (exact) mass is 389 g/mol. The molecule has 0 aliphatic carbocycles. The number of nitrogens with one attached hydrogen (secondary N) is 1. The van der Waals surface area contributed by atoms with E-state index in [1.165, 1.54) is 12.1 Å². The van der Waals surface area contributed by atoms with E-state index in [4.69, 9.17) is 23.2 Å². The minimum Gasteiger partial charge on any atom is -0.352 e. The topological polar surface area (TPSA) is 29.1 Å². The average Bonchev–Trinajstić information content (AvgIpc) is 2.44. The summed E-state index contributed by atoms with van der Waals surface area (Å²) in [7, 11) is 0. The van der Waals surface area contributed by atoms with Crippen LogP contribution in [-0.2, 0) is 6.42 Å². The minimum absolute atomic E-state index is 0.159. The first kappa shape index (κ1) is 16.3. The van der Waals surface area contributed by atoms with E-state index in [1.54, 1.807) is 18.2 Å². The van der Waals surface area contributed by atoms with Crippen molar-refractivity contribution in [3.63, 3.8) is 0 Å². The molecule has 0 heterocycles. The van der Waals surface area contributed by atoms with Crippen molar-refractivity contribution < 1.29 is 9.18 Å². The molecule has 21 heavy (non-hydrogen) atoms. The molecule has 0 aromatic heterocycles. The third-order valence-corrected chi connectivity index (χ3v) is 4.28. The number of halogens is 4. The predicted molar refractivity (Wildman–Crippen MR) is 86.6 cm³/mol. The van der Waals surface area contributed by atoms with Crippen LogP contribution in [0.1, 0.15) is 15.9 Å². The second-order valence-corrected chi connectivity index (χ2v) is 5.98. The standard InChI is InChI=1S/C15H11BrCl2FNO/c16-14-11(2-1-3-13(14)19)15(21)20-7-6-9-4-5-10(17)8-12(9)18/h1-5,8H,6-7H2,(H,20,21). The number of benzene rings is 2. The van der Waals surface area contributed by atoms with Crippen LogP contribution < -0.4 is 5.32 Å². The molecule has 2 aromatic rings. The number of hydrogen-bond donors (Lipinski definition) is 1. The maximum Gasteiger partial charge on any atom is 0.252 e. The maximum absolute atomic E-state index is 13.4. The van der Waals surface area contributed by atoms with Gasteiger partial charge in [-0.3, -0.25) is 4.79 Å². The summed E-state index contributed by atoms with van der Waals surface area (Å²) >= 11 is 14.9. The lowest BCUT2D eigenvalue weighted by atomic mass is 10.1. The van der Waals surface area contributed by atoms with Crippen LogP contribution in [0, 0.1) is 5.82 Å². The first-order valence-electron chi connectivity index (χ1n) is 6.15. The van der Waals surface area contributed by atoms with Gasteiger partial charge in [0, 0.05) is 16.6 Å². The second-order valence-electron chi connectivity index (χ2n) is 4.34. The van der Waals surface area contributed by atoms with Crippen LogP contribution >= 0.6 is 39.1 Å². The van der Waals surface area contributed by atoms with Crippen LogP contribution in [0.4, 0.5) is 4.39 Å². The Kier molecular flexibility index (Phi) is 5.62. The van der Waals surface area contributed by atoms with E-state index in [9.17, 15) is 9.18 Å². The van der Waals surface area contributed by atoms with Crippen LogP contribution in [0.3, 0.4) is 0 Å². The molecule has 2 nitrogen and oxygen atoms in total. The highest BCUT2D eigenvalue weighted by molar-refractivity contribution is 9.10. The van der Waals surface area contributed by atoms with Crippen LogP contribution in [0.5, 0.6) is 0 Å². The van der Waals surface area contributed by atoms with Gasteiger partial charge in [0.25, 0.3) is 5.91 Å². The average molecular weight is 391 g/mol. The molecule has 0 fully saturated rings. The molecule has 1 N–H and O–H groups in total. The van der Waals surface area contributed by atoms with E-state index in [0.717, 1.165) is 5.56 Å². The maximum atomic E-state index is 13.4. The molecule has 0 bridgehead atoms. The van der Waals surface area contributed by atoms with Crippen molar-refractivity contribution in [2.24, 2.45) is 0 Å². The molecule has 2 rings (SSSR count). The molecule has 0 atom stereocenters. The Labute approximate surface area is 140 Å². The number of rotatable bonds is 4. The SMILES string of the molecule is O=C(NCCc1ccc(Cl)cc1Cl)c1cccc(F)c1Br. The summed E-state index contributed by atoms with van der Waals surface area (Å²) in [4.78, 5) is 12.0. The molecule has 0 saturated carbocycles. The van der Waals surface area contributed by atoms with Gasteiger partial charge in [0.1, 0.15) is 5.82 Å². The van der Waals surface area contributed by atoms with Crippen molar-refractivity contribution in [1.29, 1.82) is 0 Å². The van der Waals surface area contributed by atoms with Gasteiger partial charge in [0.05, 0.1) is 10.0 Å². The second kappa shape index (κ2) is 7.25. The Balaban J connectivity index is 1.97. The van der Waals surface area contributed by atoms with Crippen LogP contribution in [-0.4, -0.2) is 12.5 Å². The number of carbonyl (C=O) groups excluding carboxylic acids is 1. The molecule has 0 radical (unpaired) electrons. The summed E-state index contributed by atoms with van der Waals surface area (Å²) < 4.78 is 13.5. The third-order valence-electron chi connectivity index (χ3n) is 2.89. The largest absolute Gasteiger partial charge is 0.352 e. The lowest BCUT2D eigenvalue weighted by molar-refractivity contribution is 0.0953. The van der Waals surface area contributed by atoms with E-state index in [-0.39, 0.29) is 15.9 Å². The summed E-state index contributed by atoms with van der Waals surface area (Å²) in [6.45, 7) is 0.392. The molecule has 0 aliphatic rings. The van der Waals surface area contributed by atoms with Gasteiger partial charge in [-0.2, -0.15) is 0 Å². The number of hydrogen-bond acceptors (Lipinski definition) is 1. The highest BCUT2D eigenvalue weighted by Gasteiger charge is 2.12. The molecule has 2 aromatic carbocycles. The van der Waals surface area contributed by atoms with Crippen molar-refractivity contribution in [3.8, 4) is 0 Å². The fourth-order valence-corrected chi connectivity index (χ4v) is 2.76. The van der Waals surface area contributed by atoms with Crippen LogP contribution in [0.25, 0.3) is 0 Å². The number of amides is 1. The summed E-state index contributed by atoms with van der Waals surface area (Å²) in [5, 5.41) is 3.86. The van der Waals surface area contributed by atoms with Crippen molar-refractivity contribution in [1.82, 2.24) is 5.32 Å². The normalized spacial score (nSPS) is 10.5. The summed E-state index contributed by atoms with van der Waals surface area (Å²) in [6, 6.07) is 9.54. The molecular formula is C15H11BrCl2FNO. The van der Waals surface area contributed by atoms with E-state index < -0.39 is 5.82 Å². The molecule has 0 saturated heterocycles. The zero-order valence-corrected chi connectivity index (χ0v) is 13.9. The van der Waals surface area contributed by atoms with Gasteiger partial charge in [-0.25, -0.2) is 4.39 Å². The zero-order valence-electron chi connectivity index (χ0n) is 10.8. The van der Waals surface area contributed by atoms with E-state index in [0.29, 0.717) is 23.0 Å². The van der Waals surface area contributed by atoms with Crippen molar-refractivity contribution >= 4 is 45.0 Å². The van der Waals surface area contributed by atoms with E-state index in [2.05, 4.69) is 21.2 Å². The molecule has 0 aliphatic heterocycles. The zero-order chi connectivity index (χ0) is 15.4. The Morgan fingerprint density at radius 1 is 1.24 bits per heavy atom. The number of carbonyl (C=O) groups is 1. The Hall–Kier alpha value is -1.10. The quantitative estimate of drug-likeness (QED) is 0.792. The highest BCUT2D eigenvalue weighted by Crippen LogP contribution is 2.22. The molecule has 6 heteroatoms. The summed E-state index contributed by atoms with van der Waals surface area (Å²) in [5.41, 5.74) is 1.15. The summed E-state index contributed by atoms with van der Waals surface area (Å²) in [5.74, 6) is -0.810. The third kappa shape index (κ3) is 4.19. The van der Waals surface area contributed by atoms with Crippen molar-refractivity contribution in [2.75, 3.05) is 6.54 Å². The minimum atomic E-state index is -0.469. The Morgan fingerprint density at radius 2 is 2.00 bits per heavy atom. The van der Waals surface area contributed by atoms with E-state index >= 15 is 0 Å². The lowest BCUT2D eigenvalue weighted by Crippen LogP contribution is -2.26. The van der Waals surface area contributed by atoms with Gasteiger partial charge >= 0.3 is 0 Å². The van der Waals surface area contributed by atoms with Crippen molar-refractivity contribution in [2.45, 2.75) is 6.42 Å². The molecular weight excluding hydrogens is 380 g/mol. The first-order valence-corrected chi connectivity index (χ1v) is 7.70. The van der Waals surface area contributed by atoms with Gasteiger partial charge in [-0.1, -0.05) is 35.3 Å². The first-order chi connectivity index (χ1) is 9.99. The Morgan fingerprint density at radius 3 is 2.71 bits per heavy atom. The summed E-state index contributed by atoms with van der Waals surface area (Å²) in [6.07, 6.45) is 0.564. The van der Waals surface area contributed by atoms with Gasteiger partial charge < -0.3 is 5.32 Å². The molecule has 1 amide bonds. The van der Waals surface area contributed by atoms with Crippen molar-refractivity contribution in [3.05, 3.63) is 67.9 Å². The van der Waals surface area contributed by atoms with Gasteiger partial charge in [-0.15, -0.1) is 0 Å². The predicted octanol–water partition coefficient (Wildman–Crippen LogP) is 4.87. The smallest absolute Gasteiger partial charge is 0.252 e. The fourth-order valence-electron chi connectivity index (χ4n) is 1.81. The fraction of sp³-hybridized carbons (Fsp3) is 0.133. The van der Waals surface area contributed by atoms with Gasteiger partial charge in [0.15, 0.2) is 0 Å². The molecule has 110 valence electrons. The Bertz CT molecular complexity index is 679. The molecule has 0 spiro atoms. The van der Waals surface area contributed by atoms with Crippen LogP contribution in [0.15, 0.2) is 40.9 Å². The lowest BCUT2D eigenvalue weighted by Gasteiger charge is -2.08. The van der Waals surface area contributed by atoms with Gasteiger partial charge in [-0.05, 0) is 52.2 Å². The van der Waals surface area contributed by atoms with Crippen LogP contribution in [0.2, 0.25) is 10.0 Å².